The maximum Gasteiger partial charge on any atom is 0.308 e. The predicted molar refractivity (Wildman–Crippen MR) is 66.2 cm³/mol. The summed E-state index contributed by atoms with van der Waals surface area (Å²) < 4.78 is 4.95. The molecule has 0 saturated heterocycles. The molecule has 16 heavy (non-hydrogen) atoms. The summed E-state index contributed by atoms with van der Waals surface area (Å²) in [6.45, 7) is 7.84. The molecular weight excluding hydrogens is 200 g/mol. The van der Waals surface area contributed by atoms with Crippen LogP contribution in [0.1, 0.15) is 33.3 Å². The van der Waals surface area contributed by atoms with Gasteiger partial charge < -0.3 is 4.74 Å². The van der Waals surface area contributed by atoms with Gasteiger partial charge in [-0.3, -0.25) is 4.79 Å². The molecular formula is C14H18O2. The fourth-order valence-corrected chi connectivity index (χ4v) is 1.16. The molecule has 0 bridgehead atoms. The van der Waals surface area contributed by atoms with Crippen molar-refractivity contribution in [2.75, 3.05) is 0 Å². The SMILES string of the molecule is CC(=O)Oc1ccc(C=CC(C)(C)C)cc1. The lowest BCUT2D eigenvalue weighted by molar-refractivity contribution is -0.131. The van der Waals surface area contributed by atoms with Gasteiger partial charge in [0.05, 0.1) is 0 Å². The van der Waals surface area contributed by atoms with Gasteiger partial charge in [0.1, 0.15) is 5.75 Å². The number of hydrogen-bond acceptors (Lipinski definition) is 2. The number of carbonyl (C=O) groups excluding carboxylic acids is 1. The lowest BCUT2D eigenvalue weighted by atomic mass is 9.95. The molecule has 0 aliphatic rings. The van der Waals surface area contributed by atoms with E-state index in [1.165, 1.54) is 6.92 Å². The average Bonchev–Trinajstić information content (AvgIpc) is 2.14. The minimum atomic E-state index is -0.294. The molecule has 0 fully saturated rings. The van der Waals surface area contributed by atoms with Crippen molar-refractivity contribution in [3.05, 3.63) is 35.9 Å². The fourth-order valence-electron chi connectivity index (χ4n) is 1.16. The van der Waals surface area contributed by atoms with Gasteiger partial charge in [0.15, 0.2) is 0 Å². The standard InChI is InChI=1S/C14H18O2/c1-11(15)16-13-7-5-12(6-8-13)9-10-14(2,3)4/h5-10H,1-4H3. The summed E-state index contributed by atoms with van der Waals surface area (Å²) in [5.41, 5.74) is 1.28. The Morgan fingerprint density at radius 1 is 1.19 bits per heavy atom. The lowest BCUT2D eigenvalue weighted by Crippen LogP contribution is -2.01. The van der Waals surface area contributed by atoms with Crippen molar-refractivity contribution in [3.63, 3.8) is 0 Å². The molecule has 1 rings (SSSR count). The largest absolute Gasteiger partial charge is 0.427 e. The highest BCUT2D eigenvalue weighted by molar-refractivity contribution is 5.69. The quantitative estimate of drug-likeness (QED) is 0.559. The molecule has 1 aromatic rings. The van der Waals surface area contributed by atoms with Gasteiger partial charge in [0, 0.05) is 6.92 Å². The van der Waals surface area contributed by atoms with Gasteiger partial charge in [-0.25, -0.2) is 0 Å². The first kappa shape index (κ1) is 12.5. The Morgan fingerprint density at radius 2 is 1.75 bits per heavy atom. The van der Waals surface area contributed by atoms with Crippen molar-refractivity contribution in [1.29, 1.82) is 0 Å². The molecule has 0 aromatic heterocycles. The Kier molecular flexibility index (Phi) is 3.88. The maximum atomic E-state index is 10.7. The Balaban J connectivity index is 2.72. The topological polar surface area (TPSA) is 26.3 Å². The number of esters is 1. The highest BCUT2D eigenvalue weighted by atomic mass is 16.5. The van der Waals surface area contributed by atoms with Crippen molar-refractivity contribution in [1.82, 2.24) is 0 Å². The van der Waals surface area contributed by atoms with Crippen LogP contribution in [0.5, 0.6) is 5.75 Å². The zero-order valence-corrected chi connectivity index (χ0v) is 10.3. The van der Waals surface area contributed by atoms with Gasteiger partial charge >= 0.3 is 5.97 Å². The zero-order valence-electron chi connectivity index (χ0n) is 10.3. The van der Waals surface area contributed by atoms with Gasteiger partial charge in [0.25, 0.3) is 0 Å². The van der Waals surface area contributed by atoms with Crippen molar-refractivity contribution in [3.8, 4) is 5.75 Å². The molecule has 0 unspecified atom stereocenters. The van der Waals surface area contributed by atoms with E-state index >= 15 is 0 Å². The average molecular weight is 218 g/mol. The molecule has 2 nitrogen and oxygen atoms in total. The molecule has 0 atom stereocenters. The highest BCUT2D eigenvalue weighted by Gasteiger charge is 2.03. The summed E-state index contributed by atoms with van der Waals surface area (Å²) in [5, 5.41) is 0. The van der Waals surface area contributed by atoms with Crippen molar-refractivity contribution < 1.29 is 9.53 Å². The highest BCUT2D eigenvalue weighted by Crippen LogP contribution is 2.18. The molecule has 0 spiro atoms. The molecule has 0 radical (unpaired) electrons. The molecule has 0 N–H and O–H groups in total. The van der Waals surface area contributed by atoms with Gasteiger partial charge in [0.2, 0.25) is 0 Å². The second-order valence-electron chi connectivity index (χ2n) is 4.86. The summed E-state index contributed by atoms with van der Waals surface area (Å²) in [6, 6.07) is 7.45. The molecule has 0 aliphatic carbocycles. The number of hydrogen-bond donors (Lipinski definition) is 0. The summed E-state index contributed by atoms with van der Waals surface area (Å²) >= 11 is 0. The van der Waals surface area contributed by atoms with Crippen LogP contribution in [0.15, 0.2) is 30.3 Å². The number of benzene rings is 1. The van der Waals surface area contributed by atoms with Crippen LogP contribution in [-0.4, -0.2) is 5.97 Å². The van der Waals surface area contributed by atoms with Crippen LogP contribution in [0.3, 0.4) is 0 Å². The van der Waals surface area contributed by atoms with Crippen LogP contribution in [0.4, 0.5) is 0 Å². The van der Waals surface area contributed by atoms with Gasteiger partial charge in [-0.1, -0.05) is 45.1 Å². The summed E-state index contributed by atoms with van der Waals surface area (Å²) in [4.78, 5) is 10.7. The van der Waals surface area contributed by atoms with Crippen LogP contribution < -0.4 is 4.74 Å². The van der Waals surface area contributed by atoms with Crippen LogP contribution >= 0.6 is 0 Å². The number of ether oxygens (including phenoxy) is 1. The molecule has 0 aliphatic heterocycles. The van der Waals surface area contributed by atoms with Gasteiger partial charge in [-0.2, -0.15) is 0 Å². The minimum absolute atomic E-state index is 0.175. The van der Waals surface area contributed by atoms with Crippen LogP contribution in [-0.2, 0) is 4.79 Å². The van der Waals surface area contributed by atoms with E-state index in [1.54, 1.807) is 12.1 Å². The second-order valence-corrected chi connectivity index (χ2v) is 4.86. The first-order valence-corrected chi connectivity index (χ1v) is 5.34. The molecule has 2 heteroatoms. The molecule has 1 aromatic carbocycles. The predicted octanol–water partition coefficient (Wildman–Crippen LogP) is 3.67. The fraction of sp³-hybridized carbons (Fsp3) is 0.357. The minimum Gasteiger partial charge on any atom is -0.427 e. The van der Waals surface area contributed by atoms with Gasteiger partial charge in [-0.05, 0) is 23.1 Å². The van der Waals surface area contributed by atoms with Crippen LogP contribution in [0.25, 0.3) is 6.08 Å². The van der Waals surface area contributed by atoms with Crippen molar-refractivity contribution >= 4 is 12.0 Å². The smallest absolute Gasteiger partial charge is 0.308 e. The molecule has 0 saturated carbocycles. The van der Waals surface area contributed by atoms with E-state index in [-0.39, 0.29) is 11.4 Å². The lowest BCUT2D eigenvalue weighted by Gasteiger charge is -2.11. The van der Waals surface area contributed by atoms with Crippen LogP contribution in [0, 0.1) is 5.41 Å². The van der Waals surface area contributed by atoms with E-state index in [0.717, 1.165) is 5.56 Å². The third-order valence-corrected chi connectivity index (χ3v) is 1.92. The monoisotopic (exact) mass is 218 g/mol. The number of carbonyl (C=O) groups is 1. The first-order valence-electron chi connectivity index (χ1n) is 5.34. The van der Waals surface area contributed by atoms with Gasteiger partial charge in [-0.15, -0.1) is 0 Å². The zero-order chi connectivity index (χ0) is 12.2. The Morgan fingerprint density at radius 3 is 2.19 bits per heavy atom. The normalized spacial score (nSPS) is 11.8. The van der Waals surface area contributed by atoms with E-state index < -0.39 is 0 Å². The van der Waals surface area contributed by atoms with E-state index in [0.29, 0.717) is 5.75 Å². The number of rotatable bonds is 2. The summed E-state index contributed by atoms with van der Waals surface area (Å²) in [6.07, 6.45) is 4.21. The third-order valence-electron chi connectivity index (χ3n) is 1.92. The second kappa shape index (κ2) is 4.97. The maximum absolute atomic E-state index is 10.7. The third kappa shape index (κ3) is 4.78. The van der Waals surface area contributed by atoms with E-state index in [2.05, 4.69) is 32.9 Å². The Labute approximate surface area is 96.9 Å². The number of allylic oxidation sites excluding steroid dienone is 1. The van der Waals surface area contributed by atoms with Crippen molar-refractivity contribution in [2.24, 2.45) is 5.41 Å². The molecule has 0 heterocycles. The molecule has 0 amide bonds. The molecule has 86 valence electrons. The van der Waals surface area contributed by atoms with Crippen LogP contribution in [0.2, 0.25) is 0 Å². The Hall–Kier alpha value is -1.57. The van der Waals surface area contributed by atoms with E-state index in [4.69, 9.17) is 4.74 Å². The summed E-state index contributed by atoms with van der Waals surface area (Å²) in [7, 11) is 0. The van der Waals surface area contributed by atoms with E-state index in [9.17, 15) is 4.79 Å². The van der Waals surface area contributed by atoms with E-state index in [1.807, 2.05) is 12.1 Å². The first-order chi connectivity index (χ1) is 7.37. The summed E-state index contributed by atoms with van der Waals surface area (Å²) in [5.74, 6) is 0.290. The Bertz CT molecular complexity index is 380. The van der Waals surface area contributed by atoms with Crippen molar-refractivity contribution in [2.45, 2.75) is 27.7 Å².